The topological polar surface area (TPSA) is 44.4 Å². The van der Waals surface area contributed by atoms with E-state index in [1.54, 1.807) is 0 Å². The Morgan fingerprint density at radius 2 is 1.72 bits per heavy atom. The molecule has 1 aliphatic heterocycles. The van der Waals surface area contributed by atoms with Crippen LogP contribution in [0.15, 0.2) is 0 Å². The smallest absolute Gasteiger partial charge is 0.237 e. The number of halogens is 2. The Bertz CT molecular complexity index is 377. The molecule has 0 bridgehead atoms. The molecule has 3 atom stereocenters. The summed E-state index contributed by atoms with van der Waals surface area (Å²) < 4.78 is 0. The maximum atomic E-state index is 12.3. The Kier molecular flexibility index (Phi) is 10.7. The summed E-state index contributed by atoms with van der Waals surface area (Å²) in [5, 5.41) is 6.74. The molecule has 0 aromatic rings. The number of hydrogen-bond donors (Lipinski definition) is 2. The van der Waals surface area contributed by atoms with Gasteiger partial charge >= 0.3 is 0 Å². The molecule has 0 spiro atoms. The van der Waals surface area contributed by atoms with E-state index >= 15 is 0 Å². The molecule has 1 amide bonds. The van der Waals surface area contributed by atoms with Crippen LogP contribution in [0.5, 0.6) is 0 Å². The second-order valence-corrected chi connectivity index (χ2v) is 8.02. The molecule has 3 aliphatic rings. The molecule has 0 radical (unpaired) electrons. The fraction of sp³-hybridized carbons (Fsp3) is 0.947. The van der Waals surface area contributed by atoms with Gasteiger partial charge in [0, 0.05) is 18.6 Å². The fourth-order valence-corrected chi connectivity index (χ4v) is 4.89. The zero-order valence-corrected chi connectivity index (χ0v) is 17.3. The summed E-state index contributed by atoms with van der Waals surface area (Å²) in [7, 11) is 2.25. The number of rotatable bonds is 6. The van der Waals surface area contributed by atoms with E-state index in [9.17, 15) is 4.79 Å². The van der Waals surface area contributed by atoms with E-state index in [0.717, 1.165) is 37.9 Å². The first-order chi connectivity index (χ1) is 11.2. The Morgan fingerprint density at radius 1 is 1.04 bits per heavy atom. The standard InChI is InChI=1S/C19H35N3O.2ClH/c1-22(16-9-3-2-4-10-16)13-7-12-20-19(23)18-14-15-8-5-6-11-17(15)21-18;;/h15-18,21H,2-14H2,1H3,(H,20,23);2*1H. The van der Waals surface area contributed by atoms with Crippen molar-refractivity contribution >= 4 is 30.7 Å². The van der Waals surface area contributed by atoms with Crippen LogP contribution in [0.2, 0.25) is 0 Å². The lowest BCUT2D eigenvalue weighted by Gasteiger charge is -2.31. The molecule has 4 nitrogen and oxygen atoms in total. The lowest BCUT2D eigenvalue weighted by molar-refractivity contribution is -0.122. The van der Waals surface area contributed by atoms with E-state index in [0.29, 0.717) is 6.04 Å². The normalized spacial score (nSPS) is 29.4. The van der Waals surface area contributed by atoms with E-state index < -0.39 is 0 Å². The van der Waals surface area contributed by atoms with Gasteiger partial charge in [0.1, 0.15) is 0 Å². The van der Waals surface area contributed by atoms with Crippen LogP contribution in [0, 0.1) is 5.92 Å². The van der Waals surface area contributed by atoms with Crippen LogP contribution in [-0.2, 0) is 4.79 Å². The van der Waals surface area contributed by atoms with E-state index in [2.05, 4.69) is 22.6 Å². The molecule has 25 heavy (non-hydrogen) atoms. The van der Waals surface area contributed by atoms with Crippen LogP contribution < -0.4 is 10.6 Å². The summed E-state index contributed by atoms with van der Waals surface area (Å²) in [6.45, 7) is 1.93. The van der Waals surface area contributed by atoms with Gasteiger partial charge in [0.25, 0.3) is 0 Å². The van der Waals surface area contributed by atoms with Gasteiger partial charge in [0.05, 0.1) is 6.04 Å². The monoisotopic (exact) mass is 393 g/mol. The molecule has 1 saturated heterocycles. The van der Waals surface area contributed by atoms with Crippen LogP contribution in [-0.4, -0.2) is 49.1 Å². The van der Waals surface area contributed by atoms with Crippen molar-refractivity contribution in [2.45, 2.75) is 88.8 Å². The van der Waals surface area contributed by atoms with E-state index in [1.807, 2.05) is 0 Å². The van der Waals surface area contributed by atoms with Crippen molar-refractivity contribution in [1.29, 1.82) is 0 Å². The predicted octanol–water partition coefficient (Wildman–Crippen LogP) is 3.52. The Morgan fingerprint density at radius 3 is 2.44 bits per heavy atom. The van der Waals surface area contributed by atoms with Crippen LogP contribution in [0.4, 0.5) is 0 Å². The molecule has 0 aromatic carbocycles. The zero-order chi connectivity index (χ0) is 16.1. The molecule has 3 rings (SSSR count). The van der Waals surface area contributed by atoms with Crippen molar-refractivity contribution in [2.24, 2.45) is 5.92 Å². The molecule has 6 heteroatoms. The van der Waals surface area contributed by atoms with Gasteiger partial charge in [0.2, 0.25) is 5.91 Å². The van der Waals surface area contributed by atoms with Crippen molar-refractivity contribution in [2.75, 3.05) is 20.1 Å². The maximum Gasteiger partial charge on any atom is 0.237 e. The number of fused-ring (bicyclic) bond motifs is 1. The summed E-state index contributed by atoms with van der Waals surface area (Å²) in [5.41, 5.74) is 0. The minimum atomic E-state index is 0. The number of nitrogens with one attached hydrogen (secondary N) is 2. The van der Waals surface area contributed by atoms with Crippen molar-refractivity contribution in [3.63, 3.8) is 0 Å². The summed E-state index contributed by atoms with van der Waals surface area (Å²) in [5.74, 6) is 0.983. The molecule has 3 unspecified atom stereocenters. The minimum absolute atomic E-state index is 0. The minimum Gasteiger partial charge on any atom is -0.355 e. The third-order valence-electron chi connectivity index (χ3n) is 6.36. The number of nitrogens with zero attached hydrogens (tertiary/aromatic N) is 1. The predicted molar refractivity (Wildman–Crippen MR) is 109 cm³/mol. The molecular formula is C19H37Cl2N3O. The van der Waals surface area contributed by atoms with Crippen molar-refractivity contribution in [3.8, 4) is 0 Å². The first-order valence-electron chi connectivity index (χ1n) is 9.98. The molecule has 2 saturated carbocycles. The summed E-state index contributed by atoms with van der Waals surface area (Å²) >= 11 is 0. The number of carbonyl (C=O) groups is 1. The number of hydrogen-bond acceptors (Lipinski definition) is 3. The molecule has 148 valence electrons. The molecule has 0 aromatic heterocycles. The second kappa shape index (κ2) is 11.6. The lowest BCUT2D eigenvalue weighted by Crippen LogP contribution is -2.44. The average Bonchev–Trinajstić information content (AvgIpc) is 3.03. The van der Waals surface area contributed by atoms with Crippen molar-refractivity contribution < 1.29 is 4.79 Å². The number of amides is 1. The number of carbonyl (C=O) groups excluding carboxylic acids is 1. The zero-order valence-electron chi connectivity index (χ0n) is 15.7. The molecule has 3 fully saturated rings. The third kappa shape index (κ3) is 6.57. The van der Waals surface area contributed by atoms with Gasteiger partial charge in [-0.3, -0.25) is 4.79 Å². The van der Waals surface area contributed by atoms with Gasteiger partial charge in [-0.15, -0.1) is 24.8 Å². The SMILES string of the molecule is CN(CCCNC(=O)C1CC2CCCCC2N1)C1CCCCC1.Cl.Cl. The van der Waals surface area contributed by atoms with Crippen LogP contribution >= 0.6 is 24.8 Å². The molecule has 2 aliphatic carbocycles. The van der Waals surface area contributed by atoms with Gasteiger partial charge in [-0.1, -0.05) is 32.1 Å². The summed E-state index contributed by atoms with van der Waals surface area (Å²) in [6, 6.07) is 1.45. The van der Waals surface area contributed by atoms with Gasteiger partial charge in [-0.25, -0.2) is 0 Å². The first kappa shape index (κ1) is 23.0. The third-order valence-corrected chi connectivity index (χ3v) is 6.36. The van der Waals surface area contributed by atoms with Gasteiger partial charge in [-0.05, 0) is 58.0 Å². The lowest BCUT2D eigenvalue weighted by atomic mass is 9.85. The Hall–Kier alpha value is -0.0300. The highest BCUT2D eigenvalue weighted by atomic mass is 35.5. The summed E-state index contributed by atoms with van der Waals surface area (Å²) in [4.78, 5) is 14.9. The van der Waals surface area contributed by atoms with Crippen LogP contribution in [0.1, 0.15) is 70.6 Å². The second-order valence-electron chi connectivity index (χ2n) is 8.02. The Balaban J connectivity index is 0.00000156. The quantitative estimate of drug-likeness (QED) is 0.678. The van der Waals surface area contributed by atoms with Gasteiger partial charge in [0.15, 0.2) is 0 Å². The fourth-order valence-electron chi connectivity index (χ4n) is 4.89. The Labute approximate surface area is 166 Å². The first-order valence-corrected chi connectivity index (χ1v) is 9.98. The van der Waals surface area contributed by atoms with E-state index in [1.165, 1.54) is 57.8 Å². The average molecular weight is 394 g/mol. The van der Waals surface area contributed by atoms with Gasteiger partial charge in [-0.2, -0.15) is 0 Å². The largest absolute Gasteiger partial charge is 0.355 e. The molecule has 1 heterocycles. The van der Waals surface area contributed by atoms with E-state index in [4.69, 9.17) is 0 Å². The highest BCUT2D eigenvalue weighted by Crippen LogP contribution is 2.33. The molecular weight excluding hydrogens is 357 g/mol. The van der Waals surface area contributed by atoms with E-state index in [-0.39, 0.29) is 36.8 Å². The maximum absolute atomic E-state index is 12.3. The van der Waals surface area contributed by atoms with Gasteiger partial charge < -0.3 is 15.5 Å². The summed E-state index contributed by atoms with van der Waals surface area (Å²) in [6.07, 6.45) is 14.3. The van der Waals surface area contributed by atoms with Crippen molar-refractivity contribution in [1.82, 2.24) is 15.5 Å². The van der Waals surface area contributed by atoms with Crippen LogP contribution in [0.3, 0.4) is 0 Å². The highest BCUT2D eigenvalue weighted by Gasteiger charge is 2.37. The van der Waals surface area contributed by atoms with Crippen LogP contribution in [0.25, 0.3) is 0 Å². The highest BCUT2D eigenvalue weighted by molar-refractivity contribution is 5.85. The molecule has 2 N–H and O–H groups in total. The van der Waals surface area contributed by atoms with Crippen molar-refractivity contribution in [3.05, 3.63) is 0 Å².